The fraction of sp³-hybridized carbons (Fsp3) is 0.353. The van der Waals surface area contributed by atoms with Crippen molar-refractivity contribution >= 4 is 28.8 Å². The maximum absolute atomic E-state index is 12.6. The third-order valence-corrected chi connectivity index (χ3v) is 5.15. The molecule has 3 rings (SSSR count). The van der Waals surface area contributed by atoms with E-state index in [0.29, 0.717) is 30.1 Å². The number of pyridine rings is 1. The number of methoxy groups -OCH3 is 1. The van der Waals surface area contributed by atoms with Crippen molar-refractivity contribution in [1.29, 1.82) is 0 Å². The molecule has 0 spiro atoms. The fourth-order valence-corrected chi connectivity index (χ4v) is 3.79. The monoisotopic (exact) mass is 345 g/mol. The molecular weight excluding hydrogens is 326 g/mol. The Morgan fingerprint density at radius 3 is 3.00 bits per heavy atom. The van der Waals surface area contributed by atoms with Crippen LogP contribution in [-0.4, -0.2) is 55.6 Å². The Hall–Kier alpha value is -2.25. The van der Waals surface area contributed by atoms with Crippen LogP contribution in [0.4, 0.5) is 5.69 Å². The summed E-state index contributed by atoms with van der Waals surface area (Å²) in [6, 6.07) is 5.33. The zero-order valence-electron chi connectivity index (χ0n) is 13.7. The third-order valence-electron chi connectivity index (χ3n) is 3.98. The van der Waals surface area contributed by atoms with Crippen molar-refractivity contribution in [2.45, 2.75) is 6.42 Å². The van der Waals surface area contributed by atoms with Crippen molar-refractivity contribution in [2.24, 2.45) is 0 Å². The molecule has 2 aromatic heterocycles. The van der Waals surface area contributed by atoms with Gasteiger partial charge in [-0.05, 0) is 18.2 Å². The molecule has 0 saturated heterocycles. The van der Waals surface area contributed by atoms with E-state index in [4.69, 9.17) is 4.74 Å². The van der Waals surface area contributed by atoms with E-state index in [1.807, 2.05) is 6.07 Å². The number of aromatic nitrogens is 1. The van der Waals surface area contributed by atoms with E-state index in [1.54, 1.807) is 48.5 Å². The standard InChI is InChI=1S/C17H19N3O3S/c1-19(8-9-23-2)17(22)15-10-13-14(24-15)5-7-20(13)16(21)12-4-3-6-18-11-12/h3-4,6,10-11H,5,7-9H2,1-2H3. The van der Waals surface area contributed by atoms with Gasteiger partial charge in [-0.15, -0.1) is 11.3 Å². The molecular formula is C17H19N3O3S. The highest BCUT2D eigenvalue weighted by molar-refractivity contribution is 7.14. The molecule has 24 heavy (non-hydrogen) atoms. The summed E-state index contributed by atoms with van der Waals surface area (Å²) in [6.45, 7) is 1.68. The first-order valence-corrected chi connectivity index (χ1v) is 8.52. The molecule has 0 radical (unpaired) electrons. The van der Waals surface area contributed by atoms with Gasteiger partial charge in [0, 0.05) is 50.9 Å². The van der Waals surface area contributed by atoms with Crippen LogP contribution in [0.25, 0.3) is 0 Å². The highest BCUT2D eigenvalue weighted by Crippen LogP contribution is 2.37. The van der Waals surface area contributed by atoms with Gasteiger partial charge in [0.2, 0.25) is 0 Å². The van der Waals surface area contributed by atoms with Gasteiger partial charge in [0.1, 0.15) is 0 Å². The van der Waals surface area contributed by atoms with Crippen LogP contribution < -0.4 is 4.90 Å². The lowest BCUT2D eigenvalue weighted by Crippen LogP contribution is -2.30. The highest BCUT2D eigenvalue weighted by Gasteiger charge is 2.29. The second-order valence-electron chi connectivity index (χ2n) is 5.59. The molecule has 0 fully saturated rings. The molecule has 0 aliphatic carbocycles. The second-order valence-corrected chi connectivity index (χ2v) is 6.72. The predicted molar refractivity (Wildman–Crippen MR) is 92.8 cm³/mol. The van der Waals surface area contributed by atoms with Crippen molar-refractivity contribution in [1.82, 2.24) is 9.88 Å². The molecule has 7 heteroatoms. The molecule has 0 saturated carbocycles. The zero-order valence-corrected chi connectivity index (χ0v) is 14.5. The number of ether oxygens (including phenoxy) is 1. The van der Waals surface area contributed by atoms with Crippen molar-refractivity contribution in [3.05, 3.63) is 45.9 Å². The highest BCUT2D eigenvalue weighted by atomic mass is 32.1. The van der Waals surface area contributed by atoms with Crippen molar-refractivity contribution in [2.75, 3.05) is 38.8 Å². The van der Waals surface area contributed by atoms with E-state index in [9.17, 15) is 9.59 Å². The molecule has 0 bridgehead atoms. The summed E-state index contributed by atoms with van der Waals surface area (Å²) in [5.41, 5.74) is 1.40. The zero-order chi connectivity index (χ0) is 17.1. The first kappa shape index (κ1) is 16.6. The molecule has 6 nitrogen and oxygen atoms in total. The number of amides is 2. The van der Waals surface area contributed by atoms with Crippen molar-refractivity contribution < 1.29 is 14.3 Å². The van der Waals surface area contributed by atoms with Gasteiger partial charge < -0.3 is 14.5 Å². The summed E-state index contributed by atoms with van der Waals surface area (Å²) in [7, 11) is 3.37. The minimum absolute atomic E-state index is 0.0415. The van der Waals surface area contributed by atoms with E-state index in [2.05, 4.69) is 4.98 Å². The van der Waals surface area contributed by atoms with Crippen LogP contribution in [0.5, 0.6) is 0 Å². The van der Waals surface area contributed by atoms with Crippen LogP contribution in [0.3, 0.4) is 0 Å². The summed E-state index contributed by atoms with van der Waals surface area (Å²) >= 11 is 1.47. The van der Waals surface area contributed by atoms with E-state index in [1.165, 1.54) is 11.3 Å². The van der Waals surface area contributed by atoms with Crippen LogP contribution in [0.2, 0.25) is 0 Å². The summed E-state index contributed by atoms with van der Waals surface area (Å²) in [5.74, 6) is -0.119. The van der Waals surface area contributed by atoms with E-state index >= 15 is 0 Å². The largest absolute Gasteiger partial charge is 0.383 e. The minimum Gasteiger partial charge on any atom is -0.383 e. The maximum atomic E-state index is 12.6. The number of fused-ring (bicyclic) bond motifs is 1. The van der Waals surface area contributed by atoms with Crippen LogP contribution in [0.15, 0.2) is 30.6 Å². The lowest BCUT2D eigenvalue weighted by molar-refractivity contribution is 0.0748. The number of thiophene rings is 1. The summed E-state index contributed by atoms with van der Waals surface area (Å²) in [4.78, 5) is 34.2. The molecule has 2 aromatic rings. The van der Waals surface area contributed by atoms with Gasteiger partial charge in [-0.2, -0.15) is 0 Å². The Labute approximate surface area is 144 Å². The molecule has 2 amide bonds. The van der Waals surface area contributed by atoms with E-state index in [-0.39, 0.29) is 11.8 Å². The lowest BCUT2D eigenvalue weighted by Gasteiger charge is -2.17. The van der Waals surface area contributed by atoms with Gasteiger partial charge in [0.25, 0.3) is 11.8 Å². The van der Waals surface area contributed by atoms with Gasteiger partial charge in [-0.3, -0.25) is 14.6 Å². The maximum Gasteiger partial charge on any atom is 0.263 e. The smallest absolute Gasteiger partial charge is 0.263 e. The Morgan fingerprint density at radius 2 is 2.29 bits per heavy atom. The molecule has 126 valence electrons. The first-order chi connectivity index (χ1) is 11.6. The number of hydrogen-bond donors (Lipinski definition) is 0. The quantitative estimate of drug-likeness (QED) is 0.832. The van der Waals surface area contributed by atoms with Gasteiger partial charge in [0.05, 0.1) is 22.7 Å². The molecule has 0 aromatic carbocycles. The number of carbonyl (C=O) groups is 2. The Balaban J connectivity index is 1.79. The average molecular weight is 345 g/mol. The van der Waals surface area contributed by atoms with Gasteiger partial charge in [-0.1, -0.05) is 0 Å². The molecule has 0 N–H and O–H groups in total. The Kier molecular flexibility index (Phi) is 4.92. The summed E-state index contributed by atoms with van der Waals surface area (Å²) in [6.07, 6.45) is 3.99. The summed E-state index contributed by atoms with van der Waals surface area (Å²) in [5, 5.41) is 0. The molecule has 1 aliphatic heterocycles. The Bertz CT molecular complexity index is 745. The Morgan fingerprint density at radius 1 is 1.46 bits per heavy atom. The third kappa shape index (κ3) is 3.18. The number of likely N-dealkylation sites (N-methyl/N-ethyl adjacent to an activating group) is 1. The van der Waals surface area contributed by atoms with Crippen LogP contribution in [0.1, 0.15) is 24.9 Å². The topological polar surface area (TPSA) is 62.7 Å². The van der Waals surface area contributed by atoms with Crippen LogP contribution in [0, 0.1) is 0 Å². The van der Waals surface area contributed by atoms with Gasteiger partial charge in [0.15, 0.2) is 0 Å². The fourth-order valence-electron chi connectivity index (χ4n) is 2.64. The van der Waals surface area contributed by atoms with Crippen molar-refractivity contribution in [3.8, 4) is 0 Å². The number of hydrogen-bond acceptors (Lipinski definition) is 5. The van der Waals surface area contributed by atoms with E-state index in [0.717, 1.165) is 17.0 Å². The molecule has 0 unspecified atom stereocenters. The van der Waals surface area contributed by atoms with Gasteiger partial charge in [-0.25, -0.2) is 0 Å². The first-order valence-electron chi connectivity index (χ1n) is 7.71. The second kappa shape index (κ2) is 7.11. The number of carbonyl (C=O) groups excluding carboxylic acids is 2. The number of anilines is 1. The SMILES string of the molecule is COCCN(C)C(=O)c1cc2c(s1)CCN2C(=O)c1cccnc1. The average Bonchev–Trinajstić information content (AvgIpc) is 3.19. The number of nitrogens with zero attached hydrogens (tertiary/aromatic N) is 3. The summed E-state index contributed by atoms with van der Waals surface area (Å²) < 4.78 is 5.01. The normalized spacial score (nSPS) is 13.0. The van der Waals surface area contributed by atoms with Crippen LogP contribution >= 0.6 is 11.3 Å². The van der Waals surface area contributed by atoms with E-state index < -0.39 is 0 Å². The lowest BCUT2D eigenvalue weighted by atomic mass is 10.2. The number of rotatable bonds is 5. The molecule has 1 aliphatic rings. The minimum atomic E-state index is -0.0774. The van der Waals surface area contributed by atoms with Crippen molar-refractivity contribution in [3.63, 3.8) is 0 Å². The predicted octanol–water partition coefficient (Wildman–Crippen LogP) is 2.06. The van der Waals surface area contributed by atoms with Crippen LogP contribution in [-0.2, 0) is 11.2 Å². The van der Waals surface area contributed by atoms with Gasteiger partial charge >= 0.3 is 0 Å². The molecule has 3 heterocycles. The molecule has 0 atom stereocenters.